The smallest absolute Gasteiger partial charge is 0.329 e. The maximum Gasteiger partial charge on any atom is 0.329 e. The van der Waals surface area contributed by atoms with Crippen molar-refractivity contribution in [2.45, 2.75) is 45.2 Å². The van der Waals surface area contributed by atoms with Gasteiger partial charge in [-0.25, -0.2) is 4.79 Å². The van der Waals surface area contributed by atoms with Crippen molar-refractivity contribution in [3.63, 3.8) is 0 Å². The van der Waals surface area contributed by atoms with Crippen LogP contribution in [0.15, 0.2) is 0 Å². The molecule has 0 aliphatic carbocycles. The fraction of sp³-hybridized carbons (Fsp3) is 0.778. The van der Waals surface area contributed by atoms with Crippen molar-refractivity contribution in [3.8, 4) is 0 Å². The zero-order chi connectivity index (χ0) is 11.4. The third-order valence-corrected chi connectivity index (χ3v) is 2.35. The largest absolute Gasteiger partial charge is 0.480 e. The van der Waals surface area contributed by atoms with Gasteiger partial charge in [-0.2, -0.15) is 0 Å². The van der Waals surface area contributed by atoms with Crippen LogP contribution in [-0.2, 0) is 9.59 Å². The summed E-state index contributed by atoms with van der Waals surface area (Å²) in [6.45, 7) is 4.94. The summed E-state index contributed by atoms with van der Waals surface area (Å²) >= 11 is 0. The van der Waals surface area contributed by atoms with Gasteiger partial charge in [-0.05, 0) is 19.8 Å². The molecule has 2 unspecified atom stereocenters. The van der Waals surface area contributed by atoms with Crippen LogP contribution >= 0.6 is 0 Å². The number of hydrogen-bond donors (Lipinski definition) is 3. The van der Waals surface area contributed by atoms with Crippen LogP contribution in [0.5, 0.6) is 0 Å². The SMILES string of the molecule is CCC(N)C(=O)NC(C)(CC)C(=O)O. The molecule has 0 spiro atoms. The summed E-state index contributed by atoms with van der Waals surface area (Å²) in [7, 11) is 0. The molecule has 0 saturated carbocycles. The average molecular weight is 202 g/mol. The van der Waals surface area contributed by atoms with E-state index in [-0.39, 0.29) is 0 Å². The lowest BCUT2D eigenvalue weighted by Gasteiger charge is -2.26. The van der Waals surface area contributed by atoms with Gasteiger partial charge in [-0.3, -0.25) is 4.79 Å². The number of nitrogens with two attached hydrogens (primary N) is 1. The summed E-state index contributed by atoms with van der Waals surface area (Å²) in [5.41, 5.74) is 4.26. The highest BCUT2D eigenvalue weighted by Gasteiger charge is 2.33. The second-order valence-corrected chi connectivity index (χ2v) is 3.49. The Bertz CT molecular complexity index is 230. The summed E-state index contributed by atoms with van der Waals surface area (Å²) in [6, 6.07) is -0.639. The van der Waals surface area contributed by atoms with Gasteiger partial charge in [0.25, 0.3) is 0 Å². The van der Waals surface area contributed by atoms with Crippen LogP contribution in [0.1, 0.15) is 33.6 Å². The second-order valence-electron chi connectivity index (χ2n) is 3.49. The summed E-state index contributed by atoms with van der Waals surface area (Å²) in [5, 5.41) is 11.3. The summed E-state index contributed by atoms with van der Waals surface area (Å²) in [6.07, 6.45) is 0.815. The van der Waals surface area contributed by atoms with Crippen molar-refractivity contribution in [2.24, 2.45) is 5.73 Å². The van der Waals surface area contributed by atoms with Gasteiger partial charge in [0.1, 0.15) is 5.54 Å². The lowest BCUT2D eigenvalue weighted by atomic mass is 9.98. The Morgan fingerprint density at radius 3 is 2.29 bits per heavy atom. The number of carboxylic acids is 1. The van der Waals surface area contributed by atoms with Gasteiger partial charge in [0.05, 0.1) is 6.04 Å². The number of carboxylic acid groups (broad SMARTS) is 1. The van der Waals surface area contributed by atoms with Crippen molar-refractivity contribution in [1.29, 1.82) is 0 Å². The molecule has 0 aromatic rings. The molecular formula is C9H18N2O3. The van der Waals surface area contributed by atoms with Crippen LogP contribution < -0.4 is 11.1 Å². The molecule has 1 amide bonds. The van der Waals surface area contributed by atoms with E-state index < -0.39 is 23.5 Å². The van der Waals surface area contributed by atoms with Crippen molar-refractivity contribution in [2.75, 3.05) is 0 Å². The Hall–Kier alpha value is -1.10. The highest BCUT2D eigenvalue weighted by Crippen LogP contribution is 2.09. The molecule has 0 aliphatic heterocycles. The fourth-order valence-electron chi connectivity index (χ4n) is 0.843. The van der Waals surface area contributed by atoms with Gasteiger partial charge in [0, 0.05) is 0 Å². The predicted octanol–water partition coefficient (Wildman–Crippen LogP) is 0.0932. The number of carbonyl (C=O) groups excluding carboxylic acids is 1. The van der Waals surface area contributed by atoms with E-state index in [1.54, 1.807) is 13.8 Å². The first-order valence-corrected chi connectivity index (χ1v) is 4.68. The highest BCUT2D eigenvalue weighted by atomic mass is 16.4. The van der Waals surface area contributed by atoms with E-state index in [1.165, 1.54) is 6.92 Å². The van der Waals surface area contributed by atoms with Crippen LogP contribution in [0.4, 0.5) is 0 Å². The Morgan fingerprint density at radius 2 is 2.00 bits per heavy atom. The molecule has 0 fully saturated rings. The summed E-state index contributed by atoms with van der Waals surface area (Å²) in [4.78, 5) is 22.2. The van der Waals surface area contributed by atoms with Crippen LogP contribution in [0.3, 0.4) is 0 Å². The minimum atomic E-state index is -1.22. The number of nitrogens with one attached hydrogen (secondary N) is 1. The molecule has 0 aromatic heterocycles. The summed E-state index contributed by atoms with van der Waals surface area (Å²) < 4.78 is 0. The van der Waals surface area contributed by atoms with Crippen LogP contribution in [0.25, 0.3) is 0 Å². The normalized spacial score (nSPS) is 16.9. The number of hydrogen-bond acceptors (Lipinski definition) is 3. The maximum absolute atomic E-state index is 11.4. The van der Waals surface area contributed by atoms with Gasteiger partial charge < -0.3 is 16.2 Å². The Balaban J connectivity index is 4.47. The Labute approximate surface area is 83.7 Å². The van der Waals surface area contributed by atoms with Crippen LogP contribution in [0.2, 0.25) is 0 Å². The zero-order valence-electron chi connectivity index (χ0n) is 8.83. The van der Waals surface area contributed by atoms with E-state index in [9.17, 15) is 9.59 Å². The number of rotatable bonds is 5. The minimum absolute atomic E-state index is 0.324. The number of amides is 1. The van der Waals surface area contributed by atoms with Crippen LogP contribution in [0, 0.1) is 0 Å². The molecule has 0 saturated heterocycles. The minimum Gasteiger partial charge on any atom is -0.480 e. The van der Waals surface area contributed by atoms with E-state index in [0.29, 0.717) is 12.8 Å². The third kappa shape index (κ3) is 2.99. The molecule has 0 radical (unpaired) electrons. The molecule has 0 rings (SSSR count). The van der Waals surface area contributed by atoms with E-state index in [2.05, 4.69) is 5.32 Å². The standard InChI is InChI=1S/C9H18N2O3/c1-4-6(10)7(12)11-9(3,5-2)8(13)14/h6H,4-5,10H2,1-3H3,(H,11,12)(H,13,14). The lowest BCUT2D eigenvalue weighted by molar-refractivity contribution is -0.147. The molecule has 0 aromatic carbocycles. The zero-order valence-corrected chi connectivity index (χ0v) is 8.83. The van der Waals surface area contributed by atoms with Gasteiger partial charge >= 0.3 is 5.97 Å². The molecule has 4 N–H and O–H groups in total. The monoisotopic (exact) mass is 202 g/mol. The predicted molar refractivity (Wildman–Crippen MR) is 52.7 cm³/mol. The number of aliphatic carboxylic acids is 1. The van der Waals surface area contributed by atoms with Crippen molar-refractivity contribution in [3.05, 3.63) is 0 Å². The molecule has 5 nitrogen and oxygen atoms in total. The van der Waals surface area contributed by atoms with Gasteiger partial charge in [-0.1, -0.05) is 13.8 Å². The molecule has 14 heavy (non-hydrogen) atoms. The van der Waals surface area contributed by atoms with Gasteiger partial charge in [0.15, 0.2) is 0 Å². The average Bonchev–Trinajstić information content (AvgIpc) is 2.15. The van der Waals surface area contributed by atoms with E-state index in [1.807, 2.05) is 0 Å². The van der Waals surface area contributed by atoms with E-state index >= 15 is 0 Å². The molecule has 2 atom stereocenters. The molecular weight excluding hydrogens is 184 g/mol. The van der Waals surface area contributed by atoms with Crippen molar-refractivity contribution < 1.29 is 14.7 Å². The van der Waals surface area contributed by atoms with Crippen molar-refractivity contribution in [1.82, 2.24) is 5.32 Å². The number of carbonyl (C=O) groups is 2. The first-order chi connectivity index (χ1) is 6.37. The molecule has 82 valence electrons. The first-order valence-electron chi connectivity index (χ1n) is 4.68. The first kappa shape index (κ1) is 12.9. The maximum atomic E-state index is 11.4. The Kier molecular flexibility index (Phi) is 4.56. The third-order valence-electron chi connectivity index (χ3n) is 2.35. The lowest BCUT2D eigenvalue weighted by Crippen LogP contribution is -2.55. The van der Waals surface area contributed by atoms with Gasteiger partial charge in [-0.15, -0.1) is 0 Å². The van der Waals surface area contributed by atoms with Gasteiger partial charge in [0.2, 0.25) is 5.91 Å². The van der Waals surface area contributed by atoms with Crippen molar-refractivity contribution >= 4 is 11.9 Å². The molecule has 5 heteroatoms. The highest BCUT2D eigenvalue weighted by molar-refractivity contribution is 5.89. The molecule has 0 aliphatic rings. The topological polar surface area (TPSA) is 92.4 Å². The van der Waals surface area contributed by atoms with E-state index in [4.69, 9.17) is 10.8 Å². The van der Waals surface area contributed by atoms with E-state index in [0.717, 1.165) is 0 Å². The Morgan fingerprint density at radius 1 is 1.50 bits per heavy atom. The quantitative estimate of drug-likeness (QED) is 0.589. The summed E-state index contributed by atoms with van der Waals surface area (Å²) in [5.74, 6) is -1.46. The molecule has 0 heterocycles. The molecule has 0 bridgehead atoms. The fourth-order valence-corrected chi connectivity index (χ4v) is 0.843. The second kappa shape index (κ2) is 4.95. The van der Waals surface area contributed by atoms with Crippen LogP contribution in [-0.4, -0.2) is 28.6 Å².